The summed E-state index contributed by atoms with van der Waals surface area (Å²) in [6, 6.07) is 8.78. The van der Waals surface area contributed by atoms with Gasteiger partial charge in [-0.05, 0) is 55.3 Å². The Bertz CT molecular complexity index is 1030. The number of fused-ring (bicyclic) bond motifs is 1. The third-order valence-corrected chi connectivity index (χ3v) is 5.06. The average Bonchev–Trinajstić information content (AvgIpc) is 2.89. The van der Waals surface area contributed by atoms with Gasteiger partial charge in [0.05, 0.1) is 5.52 Å². The number of amides is 1. The number of hydrogen-bond donors (Lipinski definition) is 2. The van der Waals surface area contributed by atoms with E-state index in [1.165, 1.54) is 0 Å². The van der Waals surface area contributed by atoms with Gasteiger partial charge in [-0.15, -0.1) is 10.2 Å². The summed E-state index contributed by atoms with van der Waals surface area (Å²) < 4.78 is 6.29. The number of nitrogens with zero attached hydrogens (tertiary/aromatic N) is 2. The molecule has 8 heteroatoms. The summed E-state index contributed by atoms with van der Waals surface area (Å²) in [7, 11) is 0. The lowest BCUT2D eigenvalue weighted by molar-refractivity contribution is -0.120. The molecule has 1 heterocycles. The minimum Gasteiger partial charge on any atom is -0.493 e. The molecule has 26 heavy (non-hydrogen) atoms. The summed E-state index contributed by atoms with van der Waals surface area (Å²) in [4.78, 5) is 14.7. The quantitative estimate of drug-likeness (QED) is 0.522. The van der Waals surface area contributed by atoms with Crippen molar-refractivity contribution in [2.45, 2.75) is 13.8 Å². The predicted molar refractivity (Wildman–Crippen MR) is 104 cm³/mol. The molecule has 0 unspecified atom stereocenters. The second-order valence-corrected chi connectivity index (χ2v) is 7.02. The Labute approximate surface area is 163 Å². The molecule has 2 N–H and O–H groups in total. The summed E-state index contributed by atoms with van der Waals surface area (Å²) >= 11 is 9.38. The fourth-order valence-corrected chi connectivity index (χ4v) is 2.84. The van der Waals surface area contributed by atoms with Crippen molar-refractivity contribution in [3.8, 4) is 11.6 Å². The second-order valence-electron chi connectivity index (χ2n) is 5.76. The Balaban J connectivity index is 1.74. The van der Waals surface area contributed by atoms with Crippen LogP contribution >= 0.6 is 27.5 Å². The maximum atomic E-state index is 11.9. The fraction of sp³-hybridized carbons (Fsp3) is 0.167. The first-order valence-electron chi connectivity index (χ1n) is 7.69. The van der Waals surface area contributed by atoms with Crippen molar-refractivity contribution < 1.29 is 14.6 Å². The lowest BCUT2D eigenvalue weighted by atomic mass is 10.1. The van der Waals surface area contributed by atoms with Crippen LogP contribution in [0, 0.1) is 13.8 Å². The molecule has 3 aromatic rings. The second kappa shape index (κ2) is 7.47. The van der Waals surface area contributed by atoms with Gasteiger partial charge >= 0.3 is 5.91 Å². The number of aromatic amines is 1. The summed E-state index contributed by atoms with van der Waals surface area (Å²) in [5.74, 6) is -0.200. The number of carbonyl (C=O) groups is 1. The summed E-state index contributed by atoms with van der Waals surface area (Å²) in [6.07, 6.45) is 0. The Morgan fingerprint density at radius 2 is 2.04 bits per heavy atom. The van der Waals surface area contributed by atoms with E-state index < -0.39 is 5.91 Å². The maximum absolute atomic E-state index is 11.9. The standard InChI is InChI=1S/C18H15BrClN3O3/c1-9-6-12-15(7-13(9)19)21-18(25)17(12)23-22-16(24)8-26-11-3-4-14(20)10(2)5-11/h3-7,21,25H,8H2,1-2H3. The molecule has 2 aromatic carbocycles. The molecule has 0 spiro atoms. The Morgan fingerprint density at radius 3 is 2.77 bits per heavy atom. The number of carbonyl (C=O) groups excluding carboxylic acids is 1. The van der Waals surface area contributed by atoms with E-state index in [0.717, 1.165) is 15.6 Å². The molecule has 134 valence electrons. The monoisotopic (exact) mass is 435 g/mol. The molecule has 0 saturated heterocycles. The van der Waals surface area contributed by atoms with Crippen LogP contribution in [-0.2, 0) is 4.79 Å². The zero-order valence-electron chi connectivity index (χ0n) is 14.0. The number of aryl methyl sites for hydroxylation is 2. The van der Waals surface area contributed by atoms with Crippen LogP contribution in [0.5, 0.6) is 11.6 Å². The topological polar surface area (TPSA) is 87.0 Å². The molecule has 0 aliphatic heterocycles. The molecule has 0 radical (unpaired) electrons. The number of benzene rings is 2. The number of halogens is 2. The van der Waals surface area contributed by atoms with Gasteiger partial charge in [0.15, 0.2) is 12.3 Å². The first kappa shape index (κ1) is 18.4. The van der Waals surface area contributed by atoms with E-state index in [9.17, 15) is 9.90 Å². The van der Waals surface area contributed by atoms with Crippen LogP contribution < -0.4 is 4.74 Å². The van der Waals surface area contributed by atoms with Crippen molar-refractivity contribution in [1.82, 2.24) is 4.98 Å². The molecule has 6 nitrogen and oxygen atoms in total. The SMILES string of the molecule is Cc1cc(OCC(=O)N=Nc2c(O)[nH]c3cc(Br)c(C)cc23)ccc1Cl. The van der Waals surface area contributed by atoms with Gasteiger partial charge in [0.25, 0.3) is 0 Å². The molecule has 1 aromatic heterocycles. The smallest absolute Gasteiger partial charge is 0.302 e. The highest BCUT2D eigenvalue weighted by atomic mass is 79.9. The highest BCUT2D eigenvalue weighted by Gasteiger charge is 2.13. The normalized spacial score (nSPS) is 11.4. The summed E-state index contributed by atoms with van der Waals surface area (Å²) in [6.45, 7) is 3.50. The minimum atomic E-state index is -0.569. The highest BCUT2D eigenvalue weighted by molar-refractivity contribution is 9.10. The molecule has 0 saturated carbocycles. The van der Waals surface area contributed by atoms with Crippen LogP contribution in [0.2, 0.25) is 5.02 Å². The molecule has 0 fully saturated rings. The van der Waals surface area contributed by atoms with Crippen molar-refractivity contribution in [3.05, 3.63) is 51.0 Å². The molecular weight excluding hydrogens is 422 g/mol. The minimum absolute atomic E-state index is 0.150. The number of aromatic nitrogens is 1. The summed E-state index contributed by atoms with van der Waals surface area (Å²) in [5.41, 5.74) is 2.73. The van der Waals surface area contributed by atoms with Gasteiger partial charge in [0.2, 0.25) is 5.88 Å². The number of azo groups is 1. The third-order valence-electron chi connectivity index (χ3n) is 3.78. The number of aromatic hydroxyl groups is 1. The van der Waals surface area contributed by atoms with Gasteiger partial charge in [-0.25, -0.2) is 0 Å². The molecule has 0 bridgehead atoms. The average molecular weight is 437 g/mol. The molecule has 3 rings (SSSR count). The van der Waals surface area contributed by atoms with Crippen LogP contribution in [0.25, 0.3) is 10.9 Å². The van der Waals surface area contributed by atoms with E-state index in [2.05, 4.69) is 31.1 Å². The number of rotatable bonds is 4. The van der Waals surface area contributed by atoms with Gasteiger partial charge in [-0.3, -0.25) is 4.79 Å². The lowest BCUT2D eigenvalue weighted by Crippen LogP contribution is -2.07. The highest BCUT2D eigenvalue weighted by Crippen LogP contribution is 2.37. The van der Waals surface area contributed by atoms with Crippen LogP contribution in [-0.4, -0.2) is 22.6 Å². The third kappa shape index (κ3) is 3.89. The molecule has 0 atom stereocenters. The van der Waals surface area contributed by atoms with Crippen LogP contribution in [0.15, 0.2) is 45.0 Å². The van der Waals surface area contributed by atoms with Crippen molar-refractivity contribution in [3.63, 3.8) is 0 Å². The van der Waals surface area contributed by atoms with Crippen molar-refractivity contribution in [1.29, 1.82) is 0 Å². The molecular formula is C18H15BrClN3O3. The van der Waals surface area contributed by atoms with Crippen LogP contribution in [0.4, 0.5) is 5.69 Å². The Kier molecular flexibility index (Phi) is 5.29. The zero-order valence-corrected chi connectivity index (χ0v) is 16.3. The van der Waals surface area contributed by atoms with E-state index in [0.29, 0.717) is 21.7 Å². The fourth-order valence-electron chi connectivity index (χ4n) is 2.38. The van der Waals surface area contributed by atoms with Crippen molar-refractivity contribution >= 4 is 50.0 Å². The van der Waals surface area contributed by atoms with E-state index in [1.807, 2.05) is 26.0 Å². The van der Waals surface area contributed by atoms with E-state index >= 15 is 0 Å². The van der Waals surface area contributed by atoms with E-state index in [1.54, 1.807) is 18.2 Å². The number of nitrogens with one attached hydrogen (secondary N) is 1. The largest absolute Gasteiger partial charge is 0.493 e. The molecule has 0 aliphatic carbocycles. The maximum Gasteiger partial charge on any atom is 0.302 e. The van der Waals surface area contributed by atoms with Gasteiger partial charge in [-0.2, -0.15) is 0 Å². The Morgan fingerprint density at radius 1 is 1.27 bits per heavy atom. The van der Waals surface area contributed by atoms with Crippen LogP contribution in [0.1, 0.15) is 11.1 Å². The van der Waals surface area contributed by atoms with E-state index in [4.69, 9.17) is 16.3 Å². The van der Waals surface area contributed by atoms with E-state index in [-0.39, 0.29) is 18.2 Å². The molecule has 1 amide bonds. The zero-order chi connectivity index (χ0) is 18.8. The first-order chi connectivity index (χ1) is 12.3. The number of hydrogen-bond acceptors (Lipinski definition) is 4. The van der Waals surface area contributed by atoms with Crippen molar-refractivity contribution in [2.24, 2.45) is 10.2 Å². The number of ether oxygens (including phenoxy) is 1. The van der Waals surface area contributed by atoms with Gasteiger partial charge in [0, 0.05) is 14.9 Å². The van der Waals surface area contributed by atoms with Gasteiger partial charge < -0.3 is 14.8 Å². The lowest BCUT2D eigenvalue weighted by Gasteiger charge is -2.05. The first-order valence-corrected chi connectivity index (χ1v) is 8.86. The van der Waals surface area contributed by atoms with Crippen molar-refractivity contribution in [2.75, 3.05) is 6.61 Å². The predicted octanol–water partition coefficient (Wildman–Crippen LogP) is 5.60. The molecule has 0 aliphatic rings. The van der Waals surface area contributed by atoms with Gasteiger partial charge in [-0.1, -0.05) is 27.5 Å². The Hall–Kier alpha value is -2.38. The van der Waals surface area contributed by atoms with Crippen LogP contribution in [0.3, 0.4) is 0 Å². The summed E-state index contributed by atoms with van der Waals surface area (Å²) in [5, 5.41) is 18.8. The van der Waals surface area contributed by atoms with Gasteiger partial charge in [0.1, 0.15) is 5.75 Å². The number of H-pyrrole nitrogens is 1.